The molecule has 1 rings (SSSR count). The molecule has 1 atom stereocenters. The maximum Gasteiger partial charge on any atom is 0.330 e. The molecule has 0 heterocycles. The quantitative estimate of drug-likeness (QED) is 0.594. The van der Waals surface area contributed by atoms with E-state index in [9.17, 15) is 4.79 Å². The molecule has 1 aromatic rings. The summed E-state index contributed by atoms with van der Waals surface area (Å²) in [5, 5.41) is 0. The van der Waals surface area contributed by atoms with Crippen LogP contribution < -0.4 is 4.74 Å². The van der Waals surface area contributed by atoms with Gasteiger partial charge in [-0.05, 0) is 35.7 Å². The summed E-state index contributed by atoms with van der Waals surface area (Å²) in [6.07, 6.45) is 1.68. The van der Waals surface area contributed by atoms with Gasteiger partial charge < -0.3 is 9.47 Å². The molecule has 0 spiro atoms. The highest BCUT2D eigenvalue weighted by Gasteiger charge is 2.20. The molecule has 4 nitrogen and oxygen atoms in total. The van der Waals surface area contributed by atoms with Gasteiger partial charge in [0.05, 0.1) is 14.2 Å². The van der Waals surface area contributed by atoms with Crippen molar-refractivity contribution in [3.8, 4) is 5.75 Å². The fourth-order valence-electron chi connectivity index (χ4n) is 1.48. The van der Waals surface area contributed by atoms with E-state index in [1.54, 1.807) is 13.3 Å². The third-order valence-corrected chi connectivity index (χ3v) is 2.57. The van der Waals surface area contributed by atoms with Gasteiger partial charge >= 0.3 is 5.97 Å². The van der Waals surface area contributed by atoms with Gasteiger partial charge in [0.15, 0.2) is 0 Å². The number of nitrogens with zero attached hydrogens (tertiary/aromatic N) is 1. The molecule has 18 heavy (non-hydrogen) atoms. The van der Waals surface area contributed by atoms with E-state index in [-0.39, 0.29) is 11.9 Å². The number of carbonyl (C=O) groups is 1. The molecule has 1 aromatic carbocycles. The SMILES string of the molecule is COC(=O)[C@@H](N=Cc1ccc(OC)cc1)C(C)C. The lowest BCUT2D eigenvalue weighted by molar-refractivity contribution is -0.143. The normalized spacial score (nSPS) is 12.7. The van der Waals surface area contributed by atoms with Crippen LogP contribution in [0.4, 0.5) is 0 Å². The molecule has 0 aliphatic heterocycles. The van der Waals surface area contributed by atoms with Crippen molar-refractivity contribution in [2.45, 2.75) is 19.9 Å². The van der Waals surface area contributed by atoms with E-state index in [4.69, 9.17) is 9.47 Å². The van der Waals surface area contributed by atoms with Crippen LogP contribution in [-0.4, -0.2) is 32.4 Å². The van der Waals surface area contributed by atoms with Crippen LogP contribution in [0.2, 0.25) is 0 Å². The molecule has 0 N–H and O–H groups in total. The van der Waals surface area contributed by atoms with E-state index >= 15 is 0 Å². The van der Waals surface area contributed by atoms with Gasteiger partial charge in [-0.2, -0.15) is 0 Å². The Bertz CT molecular complexity index is 410. The van der Waals surface area contributed by atoms with Crippen LogP contribution in [0.15, 0.2) is 29.3 Å². The van der Waals surface area contributed by atoms with Crippen LogP contribution in [0.3, 0.4) is 0 Å². The first-order valence-electron chi connectivity index (χ1n) is 5.83. The number of carbonyl (C=O) groups excluding carboxylic acids is 1. The highest BCUT2D eigenvalue weighted by atomic mass is 16.5. The van der Waals surface area contributed by atoms with Crippen LogP contribution in [0.25, 0.3) is 0 Å². The lowest BCUT2D eigenvalue weighted by Crippen LogP contribution is -2.25. The summed E-state index contributed by atoms with van der Waals surface area (Å²) in [4.78, 5) is 15.8. The lowest BCUT2D eigenvalue weighted by atomic mass is 10.1. The molecule has 0 fully saturated rings. The molecule has 0 aliphatic carbocycles. The molecule has 98 valence electrons. The van der Waals surface area contributed by atoms with Crippen LogP contribution in [-0.2, 0) is 9.53 Å². The van der Waals surface area contributed by atoms with E-state index in [1.807, 2.05) is 38.1 Å². The summed E-state index contributed by atoms with van der Waals surface area (Å²) >= 11 is 0. The van der Waals surface area contributed by atoms with E-state index in [2.05, 4.69) is 4.99 Å². The highest BCUT2D eigenvalue weighted by Crippen LogP contribution is 2.12. The third kappa shape index (κ3) is 3.87. The number of esters is 1. The second kappa shape index (κ2) is 6.79. The minimum Gasteiger partial charge on any atom is -0.497 e. The van der Waals surface area contributed by atoms with Gasteiger partial charge in [-0.15, -0.1) is 0 Å². The Hall–Kier alpha value is -1.84. The maximum absolute atomic E-state index is 11.5. The number of benzene rings is 1. The van der Waals surface area contributed by atoms with Gasteiger partial charge in [0.25, 0.3) is 0 Å². The third-order valence-electron chi connectivity index (χ3n) is 2.57. The second-order valence-corrected chi connectivity index (χ2v) is 4.26. The van der Waals surface area contributed by atoms with Crippen molar-refractivity contribution < 1.29 is 14.3 Å². The average molecular weight is 249 g/mol. The number of hydrogen-bond acceptors (Lipinski definition) is 4. The minimum atomic E-state index is -0.461. The molecule has 0 aliphatic rings. The van der Waals surface area contributed by atoms with Crippen LogP contribution in [0.5, 0.6) is 5.75 Å². The molecule has 0 radical (unpaired) electrons. The Labute approximate surface area is 108 Å². The lowest BCUT2D eigenvalue weighted by Gasteiger charge is -2.13. The first-order valence-corrected chi connectivity index (χ1v) is 5.83. The van der Waals surface area contributed by atoms with Gasteiger partial charge in [0.1, 0.15) is 11.8 Å². The van der Waals surface area contributed by atoms with Crippen molar-refractivity contribution in [2.24, 2.45) is 10.9 Å². The number of methoxy groups -OCH3 is 2. The Kier molecular flexibility index (Phi) is 5.36. The predicted octanol–water partition coefficient (Wildman–Crippen LogP) is 2.31. The first kappa shape index (κ1) is 14.2. The molecule has 0 amide bonds. The summed E-state index contributed by atoms with van der Waals surface area (Å²) in [5.74, 6) is 0.585. The zero-order chi connectivity index (χ0) is 13.5. The molecule has 0 aromatic heterocycles. The topological polar surface area (TPSA) is 47.9 Å². The molecule has 0 unspecified atom stereocenters. The summed E-state index contributed by atoms with van der Waals surface area (Å²) in [7, 11) is 3.00. The molecule has 0 bridgehead atoms. The average Bonchev–Trinajstić information content (AvgIpc) is 2.39. The Morgan fingerprint density at radius 2 is 1.83 bits per heavy atom. The van der Waals surface area contributed by atoms with Crippen LogP contribution >= 0.6 is 0 Å². The Morgan fingerprint density at radius 1 is 1.22 bits per heavy atom. The largest absolute Gasteiger partial charge is 0.497 e. The molecule has 0 saturated heterocycles. The molecule has 4 heteroatoms. The van der Waals surface area contributed by atoms with Crippen molar-refractivity contribution in [3.05, 3.63) is 29.8 Å². The molecule has 0 saturated carbocycles. The Balaban J connectivity index is 2.79. The number of hydrogen-bond donors (Lipinski definition) is 0. The minimum absolute atomic E-state index is 0.104. The van der Waals surface area contributed by atoms with E-state index in [0.29, 0.717) is 0 Å². The summed E-state index contributed by atoms with van der Waals surface area (Å²) in [5.41, 5.74) is 0.922. The molecular formula is C14H19NO3. The zero-order valence-corrected chi connectivity index (χ0v) is 11.2. The van der Waals surface area contributed by atoms with Crippen LogP contribution in [0, 0.1) is 5.92 Å². The van der Waals surface area contributed by atoms with Gasteiger partial charge in [-0.1, -0.05) is 13.8 Å². The number of ether oxygens (including phenoxy) is 2. The van der Waals surface area contributed by atoms with Gasteiger partial charge in [0.2, 0.25) is 0 Å². The zero-order valence-electron chi connectivity index (χ0n) is 11.2. The van der Waals surface area contributed by atoms with Gasteiger partial charge in [-0.3, -0.25) is 4.99 Å². The first-order chi connectivity index (χ1) is 8.58. The highest BCUT2D eigenvalue weighted by molar-refractivity contribution is 5.84. The fourth-order valence-corrected chi connectivity index (χ4v) is 1.48. The van der Waals surface area contributed by atoms with Crippen LogP contribution in [0.1, 0.15) is 19.4 Å². The Morgan fingerprint density at radius 3 is 2.28 bits per heavy atom. The summed E-state index contributed by atoms with van der Waals surface area (Å²) in [6.45, 7) is 3.87. The van der Waals surface area contributed by atoms with Crippen molar-refractivity contribution in [2.75, 3.05) is 14.2 Å². The van der Waals surface area contributed by atoms with E-state index < -0.39 is 6.04 Å². The summed E-state index contributed by atoms with van der Waals surface area (Å²) in [6, 6.07) is 7.01. The maximum atomic E-state index is 11.5. The van der Waals surface area contributed by atoms with Gasteiger partial charge in [-0.25, -0.2) is 4.79 Å². The van der Waals surface area contributed by atoms with Gasteiger partial charge in [0, 0.05) is 6.21 Å². The van der Waals surface area contributed by atoms with E-state index in [1.165, 1.54) is 7.11 Å². The van der Waals surface area contributed by atoms with Crippen molar-refractivity contribution in [1.29, 1.82) is 0 Å². The monoisotopic (exact) mass is 249 g/mol. The molecular weight excluding hydrogens is 230 g/mol. The fraction of sp³-hybridized carbons (Fsp3) is 0.429. The summed E-state index contributed by atoms with van der Waals surface area (Å²) < 4.78 is 9.80. The van der Waals surface area contributed by atoms with E-state index in [0.717, 1.165) is 11.3 Å². The van der Waals surface area contributed by atoms with Crippen molar-refractivity contribution in [1.82, 2.24) is 0 Å². The standard InChI is InChI=1S/C14H19NO3/c1-10(2)13(14(16)18-4)15-9-11-5-7-12(17-3)8-6-11/h5-10,13H,1-4H3/t13-/m0/s1. The smallest absolute Gasteiger partial charge is 0.330 e. The predicted molar refractivity (Wildman–Crippen MR) is 71.2 cm³/mol. The van der Waals surface area contributed by atoms with Crippen molar-refractivity contribution >= 4 is 12.2 Å². The number of rotatable bonds is 5. The second-order valence-electron chi connectivity index (χ2n) is 4.26. The number of aliphatic imine (C=N–C) groups is 1. The van der Waals surface area contributed by atoms with Crippen molar-refractivity contribution in [3.63, 3.8) is 0 Å².